The molecule has 0 saturated carbocycles. The number of fused-ring (bicyclic) bond motifs is 1. The predicted molar refractivity (Wildman–Crippen MR) is 84.1 cm³/mol. The minimum absolute atomic E-state index is 0.633. The molecule has 0 saturated heterocycles. The number of thioether (sulfide) groups is 1. The molecule has 1 aliphatic heterocycles. The Labute approximate surface area is 128 Å². The number of nitrogens with zero attached hydrogens (tertiary/aromatic N) is 1. The number of hydrogen-bond acceptors (Lipinski definition) is 5. The van der Waals surface area contributed by atoms with Crippen molar-refractivity contribution in [3.8, 4) is 11.5 Å². The molecule has 1 aliphatic rings. The molecule has 1 aromatic heterocycles. The van der Waals surface area contributed by atoms with Gasteiger partial charge in [0.05, 0.1) is 0 Å². The van der Waals surface area contributed by atoms with E-state index in [1.165, 1.54) is 10.5 Å². The molecule has 2 aromatic rings. The topological polar surface area (TPSA) is 43.4 Å². The van der Waals surface area contributed by atoms with Crippen molar-refractivity contribution in [1.29, 1.82) is 0 Å². The van der Waals surface area contributed by atoms with Gasteiger partial charge < -0.3 is 14.8 Å². The van der Waals surface area contributed by atoms with E-state index < -0.39 is 0 Å². The number of rotatable bonds is 6. The van der Waals surface area contributed by atoms with E-state index in [0.29, 0.717) is 13.2 Å². The van der Waals surface area contributed by atoms with E-state index in [9.17, 15) is 0 Å². The maximum atomic E-state index is 5.59. The zero-order valence-corrected chi connectivity index (χ0v) is 12.6. The molecule has 0 unspecified atom stereocenters. The Hall–Kier alpha value is -1.72. The zero-order chi connectivity index (χ0) is 14.3. The number of aromatic nitrogens is 1. The van der Waals surface area contributed by atoms with Gasteiger partial charge in [-0.15, -0.1) is 11.8 Å². The molecule has 0 radical (unpaired) electrons. The highest BCUT2D eigenvalue weighted by Gasteiger charge is 2.11. The highest BCUT2D eigenvalue weighted by molar-refractivity contribution is 7.99. The average Bonchev–Trinajstić information content (AvgIpc) is 2.55. The van der Waals surface area contributed by atoms with Crippen LogP contribution < -0.4 is 14.8 Å². The second-order valence-corrected chi connectivity index (χ2v) is 5.86. The lowest BCUT2D eigenvalue weighted by Gasteiger charge is -2.18. The van der Waals surface area contributed by atoms with Crippen molar-refractivity contribution < 1.29 is 9.47 Å². The maximum Gasteiger partial charge on any atom is 0.162 e. The van der Waals surface area contributed by atoms with Gasteiger partial charge in [0, 0.05) is 36.1 Å². The van der Waals surface area contributed by atoms with Crippen molar-refractivity contribution in [2.24, 2.45) is 0 Å². The van der Waals surface area contributed by atoms with Gasteiger partial charge in [-0.2, -0.15) is 0 Å². The van der Waals surface area contributed by atoms with Crippen molar-refractivity contribution in [2.75, 3.05) is 25.5 Å². The Kier molecular flexibility index (Phi) is 4.97. The molecule has 1 aromatic carbocycles. The third kappa shape index (κ3) is 4.12. The summed E-state index contributed by atoms with van der Waals surface area (Å²) in [6.07, 6.45) is 3.68. The Balaban J connectivity index is 1.41. The first-order chi connectivity index (χ1) is 10.4. The van der Waals surface area contributed by atoms with E-state index in [2.05, 4.69) is 28.5 Å². The molecule has 21 heavy (non-hydrogen) atoms. The smallest absolute Gasteiger partial charge is 0.162 e. The lowest BCUT2D eigenvalue weighted by molar-refractivity contribution is 0.171. The van der Waals surface area contributed by atoms with Gasteiger partial charge in [0.25, 0.3) is 0 Å². The Morgan fingerprint density at radius 3 is 2.90 bits per heavy atom. The SMILES string of the molecule is c1cncc(CNCCSc2ccc3c(c2)OCCO3)c1. The summed E-state index contributed by atoms with van der Waals surface area (Å²) < 4.78 is 11.1. The van der Waals surface area contributed by atoms with Crippen LogP contribution in [-0.2, 0) is 6.54 Å². The summed E-state index contributed by atoms with van der Waals surface area (Å²) in [6, 6.07) is 10.2. The van der Waals surface area contributed by atoms with Gasteiger partial charge in [-0.3, -0.25) is 4.98 Å². The summed E-state index contributed by atoms with van der Waals surface area (Å²) >= 11 is 1.81. The van der Waals surface area contributed by atoms with Crippen LogP contribution in [0.25, 0.3) is 0 Å². The molecule has 1 N–H and O–H groups in total. The lowest BCUT2D eigenvalue weighted by Crippen LogP contribution is -2.16. The molecular weight excluding hydrogens is 284 g/mol. The molecule has 0 bridgehead atoms. The molecule has 110 valence electrons. The third-order valence-corrected chi connectivity index (χ3v) is 4.11. The molecule has 4 nitrogen and oxygen atoms in total. The number of nitrogens with one attached hydrogen (secondary N) is 1. The second kappa shape index (κ2) is 7.33. The van der Waals surface area contributed by atoms with Crippen LogP contribution in [0.2, 0.25) is 0 Å². The van der Waals surface area contributed by atoms with E-state index in [0.717, 1.165) is 30.3 Å². The van der Waals surface area contributed by atoms with E-state index >= 15 is 0 Å². The highest BCUT2D eigenvalue weighted by atomic mass is 32.2. The summed E-state index contributed by atoms with van der Waals surface area (Å²) in [4.78, 5) is 5.31. The van der Waals surface area contributed by atoms with Gasteiger partial charge in [0.1, 0.15) is 13.2 Å². The number of pyridine rings is 1. The normalized spacial score (nSPS) is 13.1. The van der Waals surface area contributed by atoms with Crippen LogP contribution in [0.4, 0.5) is 0 Å². The van der Waals surface area contributed by atoms with E-state index in [1.807, 2.05) is 30.1 Å². The first-order valence-corrected chi connectivity index (χ1v) is 8.02. The molecule has 0 amide bonds. The van der Waals surface area contributed by atoms with Gasteiger partial charge in [0.15, 0.2) is 11.5 Å². The van der Waals surface area contributed by atoms with Gasteiger partial charge in [-0.25, -0.2) is 0 Å². The zero-order valence-electron chi connectivity index (χ0n) is 11.7. The number of hydrogen-bond donors (Lipinski definition) is 1. The predicted octanol–water partition coefficient (Wildman–Crippen LogP) is 2.73. The molecular formula is C16H18N2O2S. The summed E-state index contributed by atoms with van der Waals surface area (Å²) in [5.41, 5.74) is 1.21. The van der Waals surface area contributed by atoms with Crippen LogP contribution in [0.5, 0.6) is 11.5 Å². The standard InChI is InChI=1S/C16H18N2O2S/c1-2-13(11-17-5-1)12-18-6-9-21-14-3-4-15-16(10-14)20-8-7-19-15/h1-5,10-11,18H,6-9,12H2. The van der Waals surface area contributed by atoms with Crippen LogP contribution in [-0.4, -0.2) is 30.5 Å². The van der Waals surface area contributed by atoms with Crippen molar-refractivity contribution >= 4 is 11.8 Å². The summed E-state index contributed by atoms with van der Waals surface area (Å²) in [6.45, 7) is 3.08. The minimum Gasteiger partial charge on any atom is -0.486 e. The monoisotopic (exact) mass is 302 g/mol. The second-order valence-electron chi connectivity index (χ2n) is 4.69. The number of ether oxygens (including phenoxy) is 2. The van der Waals surface area contributed by atoms with Crippen LogP contribution in [0, 0.1) is 0 Å². The molecule has 0 atom stereocenters. The molecule has 0 aliphatic carbocycles. The van der Waals surface area contributed by atoms with Gasteiger partial charge >= 0.3 is 0 Å². The van der Waals surface area contributed by atoms with Crippen molar-refractivity contribution in [1.82, 2.24) is 10.3 Å². The quantitative estimate of drug-likeness (QED) is 0.656. The Bertz CT molecular complexity index is 578. The third-order valence-electron chi connectivity index (χ3n) is 3.11. The van der Waals surface area contributed by atoms with E-state index in [-0.39, 0.29) is 0 Å². The minimum atomic E-state index is 0.633. The Morgan fingerprint density at radius 1 is 1.14 bits per heavy atom. The molecule has 3 rings (SSSR count). The summed E-state index contributed by atoms with van der Waals surface area (Å²) in [5, 5.41) is 3.42. The fourth-order valence-corrected chi connectivity index (χ4v) is 2.93. The average molecular weight is 302 g/mol. The van der Waals surface area contributed by atoms with E-state index in [1.54, 1.807) is 6.20 Å². The lowest BCUT2D eigenvalue weighted by atomic mass is 10.3. The summed E-state index contributed by atoms with van der Waals surface area (Å²) in [7, 11) is 0. The van der Waals surface area contributed by atoms with Crippen LogP contribution in [0.1, 0.15) is 5.56 Å². The number of benzene rings is 1. The maximum absolute atomic E-state index is 5.59. The van der Waals surface area contributed by atoms with Gasteiger partial charge in [-0.1, -0.05) is 6.07 Å². The molecule has 5 heteroatoms. The van der Waals surface area contributed by atoms with E-state index in [4.69, 9.17) is 9.47 Å². The van der Waals surface area contributed by atoms with Crippen LogP contribution in [0.15, 0.2) is 47.6 Å². The Morgan fingerprint density at radius 2 is 2.05 bits per heavy atom. The van der Waals surface area contributed by atoms with Gasteiger partial charge in [0.2, 0.25) is 0 Å². The largest absolute Gasteiger partial charge is 0.486 e. The molecule has 2 heterocycles. The van der Waals surface area contributed by atoms with Crippen LogP contribution >= 0.6 is 11.8 Å². The fourth-order valence-electron chi connectivity index (χ4n) is 2.09. The molecule has 0 spiro atoms. The first-order valence-electron chi connectivity index (χ1n) is 7.04. The van der Waals surface area contributed by atoms with Gasteiger partial charge in [-0.05, 0) is 29.8 Å². The van der Waals surface area contributed by atoms with Crippen molar-refractivity contribution in [2.45, 2.75) is 11.4 Å². The summed E-state index contributed by atoms with van der Waals surface area (Å²) in [5.74, 6) is 2.72. The van der Waals surface area contributed by atoms with Crippen molar-refractivity contribution in [3.63, 3.8) is 0 Å². The highest BCUT2D eigenvalue weighted by Crippen LogP contribution is 2.33. The van der Waals surface area contributed by atoms with Crippen molar-refractivity contribution in [3.05, 3.63) is 48.3 Å². The fraction of sp³-hybridized carbons (Fsp3) is 0.312. The van der Waals surface area contributed by atoms with Crippen LogP contribution in [0.3, 0.4) is 0 Å². The first kappa shape index (κ1) is 14.2. The molecule has 0 fully saturated rings.